The van der Waals surface area contributed by atoms with Crippen molar-refractivity contribution in [3.05, 3.63) is 206 Å². The van der Waals surface area contributed by atoms with Crippen LogP contribution >= 0.6 is 0 Å². The molecule has 0 fully saturated rings. The van der Waals surface area contributed by atoms with Gasteiger partial charge in [0.1, 0.15) is 11.2 Å². The molecule has 0 spiro atoms. The summed E-state index contributed by atoms with van der Waals surface area (Å²) in [4.78, 5) is 17.7. The van der Waals surface area contributed by atoms with E-state index in [1.54, 1.807) is 0 Å². The molecule has 0 N–H and O–H groups in total. The number of hydrogen-bond donors (Lipinski definition) is 0. The van der Waals surface area contributed by atoms with Crippen LogP contribution in [0.3, 0.4) is 0 Å². The van der Waals surface area contributed by atoms with Crippen LogP contribution in [-0.4, -0.2) is 15.0 Å². The maximum atomic E-state index is 6.70. The highest BCUT2D eigenvalue weighted by atomic mass is 16.3. The molecule has 0 aliphatic carbocycles. The van der Waals surface area contributed by atoms with Gasteiger partial charge >= 0.3 is 0 Å². The Morgan fingerprint density at radius 2 is 0.768 bits per heavy atom. The lowest BCUT2D eigenvalue weighted by Crippen LogP contribution is -2.11. The monoisotopic (exact) mass is 718 g/mol. The van der Waals surface area contributed by atoms with Crippen molar-refractivity contribution < 1.29 is 4.42 Å². The predicted octanol–water partition coefficient (Wildman–Crippen LogP) is 13.6. The molecule has 0 amide bonds. The van der Waals surface area contributed by atoms with E-state index in [0.29, 0.717) is 17.5 Å². The molecule has 56 heavy (non-hydrogen) atoms. The summed E-state index contributed by atoms with van der Waals surface area (Å²) in [6.07, 6.45) is 0. The van der Waals surface area contributed by atoms with Crippen LogP contribution in [0.2, 0.25) is 0 Å². The minimum Gasteiger partial charge on any atom is -0.456 e. The van der Waals surface area contributed by atoms with E-state index in [1.807, 2.05) is 84.9 Å². The van der Waals surface area contributed by atoms with Crippen molar-refractivity contribution in [3.8, 4) is 56.4 Å². The molecule has 0 aliphatic rings. The van der Waals surface area contributed by atoms with Gasteiger partial charge in [-0.3, -0.25) is 0 Å². The van der Waals surface area contributed by atoms with E-state index in [-0.39, 0.29) is 0 Å². The summed E-state index contributed by atoms with van der Waals surface area (Å²) in [5.41, 5.74) is 11.6. The van der Waals surface area contributed by atoms with E-state index in [4.69, 9.17) is 19.4 Å². The van der Waals surface area contributed by atoms with Gasteiger partial charge in [0.2, 0.25) is 0 Å². The highest BCUT2D eigenvalue weighted by Gasteiger charge is 2.23. The topological polar surface area (TPSA) is 55.1 Å². The lowest BCUT2D eigenvalue weighted by Gasteiger charge is -2.27. The van der Waals surface area contributed by atoms with Crippen molar-refractivity contribution in [3.63, 3.8) is 0 Å². The van der Waals surface area contributed by atoms with E-state index in [1.165, 1.54) is 0 Å². The molecule has 0 unspecified atom stereocenters. The van der Waals surface area contributed by atoms with E-state index in [2.05, 4.69) is 126 Å². The lowest BCUT2D eigenvalue weighted by atomic mass is 9.97. The number of hydrogen-bond acceptors (Lipinski definition) is 5. The van der Waals surface area contributed by atoms with Crippen molar-refractivity contribution >= 4 is 39.0 Å². The Labute approximate surface area is 324 Å². The zero-order valence-electron chi connectivity index (χ0n) is 30.3. The number of fused-ring (bicyclic) bond motifs is 3. The number of rotatable bonds is 8. The van der Waals surface area contributed by atoms with Crippen molar-refractivity contribution in [1.82, 2.24) is 15.0 Å². The normalized spacial score (nSPS) is 11.2. The first-order chi connectivity index (χ1) is 27.7. The van der Waals surface area contributed by atoms with Crippen LogP contribution in [0.25, 0.3) is 78.4 Å². The van der Waals surface area contributed by atoms with Gasteiger partial charge in [-0.25, -0.2) is 15.0 Å². The summed E-state index contributed by atoms with van der Waals surface area (Å²) in [5.74, 6) is 1.76. The first-order valence-electron chi connectivity index (χ1n) is 18.7. The number of furan rings is 1. The van der Waals surface area contributed by atoms with E-state index >= 15 is 0 Å². The molecular formula is C51H34N4O. The van der Waals surface area contributed by atoms with Crippen LogP contribution in [0.4, 0.5) is 17.1 Å². The minimum atomic E-state index is 0.562. The van der Waals surface area contributed by atoms with Crippen molar-refractivity contribution in [2.75, 3.05) is 4.90 Å². The Balaban J connectivity index is 1.26. The molecule has 2 heterocycles. The molecular weight excluding hydrogens is 685 g/mol. The molecule has 5 heteroatoms. The third-order valence-electron chi connectivity index (χ3n) is 10.1. The van der Waals surface area contributed by atoms with Gasteiger partial charge in [-0.15, -0.1) is 0 Å². The molecule has 0 aliphatic heterocycles. The highest BCUT2D eigenvalue weighted by molar-refractivity contribution is 6.13. The molecule has 10 aromatic rings. The zero-order chi connectivity index (χ0) is 37.3. The highest BCUT2D eigenvalue weighted by Crippen LogP contribution is 2.45. The quantitative estimate of drug-likeness (QED) is 0.157. The van der Waals surface area contributed by atoms with Crippen LogP contribution in [0, 0.1) is 0 Å². The number of anilines is 3. The van der Waals surface area contributed by atoms with Gasteiger partial charge in [0.05, 0.1) is 5.69 Å². The number of para-hydroxylation sites is 2. The standard InChI is InChI=1S/C51H34N4O/c1-6-18-35(19-7-1)39-30-40(36-20-8-2-9-21-36)32-42(31-39)55(41-26-14-5-15-27-41)43-33-45(48-44-28-16-17-29-46(44)56-47(48)34-43)51-53-49(37-22-10-3-11-23-37)52-50(54-51)38-24-12-4-13-25-38/h1-34H. The second-order valence-electron chi connectivity index (χ2n) is 13.7. The molecule has 8 aromatic carbocycles. The summed E-state index contributed by atoms with van der Waals surface area (Å²) in [5, 5.41) is 1.94. The van der Waals surface area contributed by atoms with Crippen molar-refractivity contribution in [1.29, 1.82) is 0 Å². The van der Waals surface area contributed by atoms with Gasteiger partial charge in [0.25, 0.3) is 0 Å². The van der Waals surface area contributed by atoms with Crippen LogP contribution in [0.5, 0.6) is 0 Å². The van der Waals surface area contributed by atoms with E-state index in [9.17, 15) is 0 Å². The Morgan fingerprint density at radius 1 is 0.321 bits per heavy atom. The van der Waals surface area contributed by atoms with Crippen molar-refractivity contribution in [2.24, 2.45) is 0 Å². The van der Waals surface area contributed by atoms with Gasteiger partial charge in [-0.2, -0.15) is 0 Å². The second-order valence-corrected chi connectivity index (χ2v) is 13.7. The second kappa shape index (κ2) is 14.3. The Bertz CT molecular complexity index is 2830. The Hall–Kier alpha value is -7.63. The molecule has 0 saturated carbocycles. The van der Waals surface area contributed by atoms with Gasteiger partial charge < -0.3 is 9.32 Å². The maximum Gasteiger partial charge on any atom is 0.164 e. The summed E-state index contributed by atoms with van der Waals surface area (Å²) < 4.78 is 6.70. The SMILES string of the molecule is c1ccc(-c2cc(-c3ccccc3)cc(N(c3ccccc3)c3cc(-c4nc(-c5ccccc5)nc(-c5ccccc5)n4)c4c(c3)oc3ccccc34)c2)cc1. The molecule has 264 valence electrons. The Morgan fingerprint density at radius 3 is 1.32 bits per heavy atom. The zero-order valence-corrected chi connectivity index (χ0v) is 30.3. The van der Waals surface area contributed by atoms with Crippen LogP contribution in [-0.2, 0) is 0 Å². The fourth-order valence-corrected chi connectivity index (χ4v) is 7.43. The predicted molar refractivity (Wildman–Crippen MR) is 229 cm³/mol. The number of aromatic nitrogens is 3. The first-order valence-corrected chi connectivity index (χ1v) is 18.7. The first kappa shape index (κ1) is 33.0. The van der Waals surface area contributed by atoms with Gasteiger partial charge in [-0.1, -0.05) is 158 Å². The minimum absolute atomic E-state index is 0.562. The molecule has 0 bridgehead atoms. The fourth-order valence-electron chi connectivity index (χ4n) is 7.43. The van der Waals surface area contributed by atoms with Crippen LogP contribution in [0.1, 0.15) is 0 Å². The summed E-state index contributed by atoms with van der Waals surface area (Å²) in [6.45, 7) is 0. The third kappa shape index (κ3) is 6.27. The third-order valence-corrected chi connectivity index (χ3v) is 10.1. The number of nitrogens with zero attached hydrogens (tertiary/aromatic N) is 4. The van der Waals surface area contributed by atoms with Gasteiger partial charge in [-0.05, 0) is 64.7 Å². The summed E-state index contributed by atoms with van der Waals surface area (Å²) in [7, 11) is 0. The largest absolute Gasteiger partial charge is 0.456 e. The Kier molecular flexibility index (Phi) is 8.43. The molecule has 5 nitrogen and oxygen atoms in total. The maximum absolute atomic E-state index is 6.70. The molecule has 2 aromatic heterocycles. The molecule has 10 rings (SSSR count). The fraction of sp³-hybridized carbons (Fsp3) is 0. The lowest BCUT2D eigenvalue weighted by molar-refractivity contribution is 0.669. The molecule has 0 atom stereocenters. The number of benzene rings is 8. The van der Waals surface area contributed by atoms with Gasteiger partial charge in [0, 0.05) is 44.9 Å². The summed E-state index contributed by atoms with van der Waals surface area (Å²) >= 11 is 0. The summed E-state index contributed by atoms with van der Waals surface area (Å²) in [6, 6.07) is 71.1. The molecule has 0 radical (unpaired) electrons. The van der Waals surface area contributed by atoms with Crippen molar-refractivity contribution in [2.45, 2.75) is 0 Å². The smallest absolute Gasteiger partial charge is 0.164 e. The average Bonchev–Trinajstić information content (AvgIpc) is 3.66. The van der Waals surface area contributed by atoms with E-state index in [0.717, 1.165) is 77.9 Å². The van der Waals surface area contributed by atoms with Gasteiger partial charge in [0.15, 0.2) is 17.5 Å². The average molecular weight is 719 g/mol. The van der Waals surface area contributed by atoms with E-state index < -0.39 is 0 Å². The van der Waals surface area contributed by atoms with Crippen LogP contribution < -0.4 is 4.90 Å². The van der Waals surface area contributed by atoms with Crippen LogP contribution in [0.15, 0.2) is 211 Å². The molecule has 0 saturated heterocycles.